The van der Waals surface area contributed by atoms with Gasteiger partial charge in [-0.25, -0.2) is 0 Å². The fourth-order valence-corrected chi connectivity index (χ4v) is 4.58. The predicted molar refractivity (Wildman–Crippen MR) is 130 cm³/mol. The highest BCUT2D eigenvalue weighted by Crippen LogP contribution is 2.30. The molecule has 156 valence electrons. The molecule has 5 nitrogen and oxygen atoms in total. The van der Waals surface area contributed by atoms with Crippen molar-refractivity contribution in [1.29, 1.82) is 0 Å². The lowest BCUT2D eigenvalue weighted by Crippen LogP contribution is -2.32. The summed E-state index contributed by atoms with van der Waals surface area (Å²) in [5.74, 6) is 1.37. The van der Waals surface area contributed by atoms with Crippen molar-refractivity contribution in [3.05, 3.63) is 95.2 Å². The number of hydrogen-bond acceptors (Lipinski definition) is 5. The molecular weight excluding hydrogens is 474 g/mol. The molecule has 31 heavy (non-hydrogen) atoms. The van der Waals surface area contributed by atoms with Crippen LogP contribution in [0.2, 0.25) is 0 Å². The molecule has 2 aromatic carbocycles. The molecule has 0 bridgehead atoms. The van der Waals surface area contributed by atoms with E-state index in [1.165, 1.54) is 11.8 Å². The van der Waals surface area contributed by atoms with Crippen LogP contribution in [0.3, 0.4) is 0 Å². The molecule has 1 aliphatic heterocycles. The molecule has 0 radical (unpaired) electrons. The van der Waals surface area contributed by atoms with Crippen LogP contribution in [0.4, 0.5) is 0 Å². The Balaban J connectivity index is 1.47. The molecule has 1 fully saturated rings. The summed E-state index contributed by atoms with van der Waals surface area (Å²) < 4.78 is 6.85. The van der Waals surface area contributed by atoms with Crippen molar-refractivity contribution >= 4 is 45.0 Å². The minimum absolute atomic E-state index is 0.0261. The lowest BCUT2D eigenvalue weighted by atomic mass is 10.1. The summed E-state index contributed by atoms with van der Waals surface area (Å²) in [5, 5.41) is 8.81. The standard InChI is InChI=1S/C24H20BrN3O2S/c1-2-14-28-23(29)22(15-17-6-4-3-5-7-17)31-24(28)27-26-16-20-12-13-21(30-20)18-8-10-19(25)11-9-18/h2-13,16,22H,1,14-15H2/b26-16+,27-24+. The zero-order valence-electron chi connectivity index (χ0n) is 16.6. The van der Waals surface area contributed by atoms with Crippen molar-refractivity contribution in [3.63, 3.8) is 0 Å². The highest BCUT2D eigenvalue weighted by molar-refractivity contribution is 9.10. The highest BCUT2D eigenvalue weighted by atomic mass is 79.9. The van der Waals surface area contributed by atoms with Crippen LogP contribution in [0.15, 0.2) is 98.5 Å². The van der Waals surface area contributed by atoms with Crippen molar-refractivity contribution in [1.82, 2.24) is 4.90 Å². The molecule has 0 saturated carbocycles. The van der Waals surface area contributed by atoms with Gasteiger partial charge in [-0.15, -0.1) is 11.7 Å². The third kappa shape index (κ3) is 5.24. The van der Waals surface area contributed by atoms with Crippen molar-refractivity contribution < 1.29 is 9.21 Å². The summed E-state index contributed by atoms with van der Waals surface area (Å²) in [6.45, 7) is 4.16. The summed E-state index contributed by atoms with van der Waals surface area (Å²) in [6.07, 6.45) is 3.89. The third-order valence-electron chi connectivity index (χ3n) is 4.68. The summed E-state index contributed by atoms with van der Waals surface area (Å²) in [7, 11) is 0. The fraction of sp³-hybridized carbons (Fsp3) is 0.125. The molecular formula is C24H20BrN3O2S. The minimum Gasteiger partial charge on any atom is -0.455 e. The van der Waals surface area contributed by atoms with Crippen LogP contribution in [0, 0.1) is 0 Å². The van der Waals surface area contributed by atoms with Gasteiger partial charge in [0.2, 0.25) is 5.91 Å². The number of thioether (sulfide) groups is 1. The maximum Gasteiger partial charge on any atom is 0.242 e. The number of furan rings is 1. The van der Waals surface area contributed by atoms with Crippen LogP contribution in [0.1, 0.15) is 11.3 Å². The Kier molecular flexibility index (Phi) is 6.84. The normalized spacial score (nSPS) is 17.7. The Labute approximate surface area is 193 Å². The second kappa shape index (κ2) is 9.94. The number of amidine groups is 1. The van der Waals surface area contributed by atoms with Crippen LogP contribution in [-0.2, 0) is 11.2 Å². The lowest BCUT2D eigenvalue weighted by Gasteiger charge is -2.12. The molecule has 1 saturated heterocycles. The van der Waals surface area contributed by atoms with E-state index in [1.807, 2.05) is 66.7 Å². The van der Waals surface area contributed by atoms with E-state index in [9.17, 15) is 4.79 Å². The molecule has 4 rings (SSSR count). The van der Waals surface area contributed by atoms with Crippen LogP contribution in [-0.4, -0.2) is 34.0 Å². The van der Waals surface area contributed by atoms with Crippen molar-refractivity contribution in [2.45, 2.75) is 11.7 Å². The summed E-state index contributed by atoms with van der Waals surface area (Å²) in [6, 6.07) is 21.6. The lowest BCUT2D eigenvalue weighted by molar-refractivity contribution is -0.125. The number of halogens is 1. The largest absolute Gasteiger partial charge is 0.455 e. The zero-order valence-corrected chi connectivity index (χ0v) is 19.1. The SMILES string of the molecule is C=CCN1C(=O)C(Cc2ccccc2)S/C1=N/N=C/c1ccc(-c2ccc(Br)cc2)o1. The van der Waals surface area contributed by atoms with Gasteiger partial charge in [0.05, 0.1) is 11.5 Å². The molecule has 1 amide bonds. The van der Waals surface area contributed by atoms with Gasteiger partial charge in [-0.3, -0.25) is 9.69 Å². The molecule has 1 atom stereocenters. The van der Waals surface area contributed by atoms with Gasteiger partial charge in [0.1, 0.15) is 11.5 Å². The van der Waals surface area contributed by atoms with Gasteiger partial charge in [0.25, 0.3) is 0 Å². The van der Waals surface area contributed by atoms with E-state index in [1.54, 1.807) is 17.2 Å². The monoisotopic (exact) mass is 493 g/mol. The number of amides is 1. The minimum atomic E-state index is -0.219. The maximum atomic E-state index is 12.8. The number of rotatable bonds is 7. The second-order valence-corrected chi connectivity index (χ2v) is 8.96. The van der Waals surface area contributed by atoms with Crippen molar-refractivity contribution in [2.75, 3.05) is 6.54 Å². The number of nitrogens with zero attached hydrogens (tertiary/aromatic N) is 3. The second-order valence-electron chi connectivity index (χ2n) is 6.87. The van der Waals surface area contributed by atoms with Gasteiger partial charge < -0.3 is 4.42 Å². The first kappa shape index (κ1) is 21.3. The van der Waals surface area contributed by atoms with Crippen molar-refractivity contribution in [2.24, 2.45) is 10.2 Å². The van der Waals surface area contributed by atoms with Gasteiger partial charge >= 0.3 is 0 Å². The smallest absolute Gasteiger partial charge is 0.242 e. The van der Waals surface area contributed by atoms with E-state index in [0.717, 1.165) is 21.4 Å². The summed E-state index contributed by atoms with van der Waals surface area (Å²) in [5.41, 5.74) is 2.10. The first-order chi connectivity index (χ1) is 15.1. The van der Waals surface area contributed by atoms with E-state index in [-0.39, 0.29) is 11.2 Å². The van der Waals surface area contributed by atoms with Gasteiger partial charge in [0, 0.05) is 16.6 Å². The molecule has 1 unspecified atom stereocenters. The topological polar surface area (TPSA) is 58.2 Å². The Bertz CT molecular complexity index is 1120. The van der Waals surface area contributed by atoms with Crippen molar-refractivity contribution in [3.8, 4) is 11.3 Å². The number of carbonyl (C=O) groups is 1. The van der Waals surface area contributed by atoms with E-state index in [4.69, 9.17) is 4.42 Å². The maximum absolute atomic E-state index is 12.8. The molecule has 0 N–H and O–H groups in total. The fourth-order valence-electron chi connectivity index (χ4n) is 3.17. The molecule has 0 aliphatic carbocycles. The van der Waals surface area contributed by atoms with Crippen LogP contribution >= 0.6 is 27.7 Å². The van der Waals surface area contributed by atoms with Crippen LogP contribution in [0.5, 0.6) is 0 Å². The molecule has 1 aromatic heterocycles. The zero-order chi connectivity index (χ0) is 21.6. The van der Waals surface area contributed by atoms with E-state index >= 15 is 0 Å². The first-order valence-corrected chi connectivity index (χ1v) is 11.4. The number of carbonyl (C=O) groups excluding carboxylic acids is 1. The van der Waals surface area contributed by atoms with Gasteiger partial charge in [-0.05, 0) is 36.2 Å². The summed E-state index contributed by atoms with van der Waals surface area (Å²) in [4.78, 5) is 14.5. The Morgan fingerprint density at radius 3 is 2.61 bits per heavy atom. The average molecular weight is 494 g/mol. The van der Waals surface area contributed by atoms with E-state index in [2.05, 4.69) is 32.7 Å². The Hall–Kier alpha value is -2.90. The Morgan fingerprint density at radius 2 is 1.87 bits per heavy atom. The van der Waals surface area contributed by atoms with E-state index < -0.39 is 0 Å². The molecule has 3 aromatic rings. The summed E-state index contributed by atoms with van der Waals surface area (Å²) >= 11 is 4.86. The number of hydrogen-bond donors (Lipinski definition) is 0. The quantitative estimate of drug-likeness (QED) is 0.238. The van der Waals surface area contributed by atoms with E-state index in [0.29, 0.717) is 23.9 Å². The predicted octanol–water partition coefficient (Wildman–Crippen LogP) is 5.77. The highest BCUT2D eigenvalue weighted by Gasteiger charge is 2.37. The van der Waals surface area contributed by atoms with Gasteiger partial charge in [-0.1, -0.05) is 76.2 Å². The molecule has 7 heteroatoms. The molecule has 2 heterocycles. The van der Waals surface area contributed by atoms with Crippen LogP contribution < -0.4 is 0 Å². The molecule has 0 spiro atoms. The van der Waals surface area contributed by atoms with Gasteiger partial charge in [0.15, 0.2) is 5.17 Å². The number of benzene rings is 2. The first-order valence-electron chi connectivity index (χ1n) is 9.73. The Morgan fingerprint density at radius 1 is 1.10 bits per heavy atom. The third-order valence-corrected chi connectivity index (χ3v) is 6.37. The van der Waals surface area contributed by atoms with Crippen LogP contribution in [0.25, 0.3) is 11.3 Å². The van der Waals surface area contributed by atoms with Gasteiger partial charge in [-0.2, -0.15) is 5.10 Å². The molecule has 1 aliphatic rings. The average Bonchev–Trinajstić information content (AvgIpc) is 3.36.